The van der Waals surface area contributed by atoms with E-state index in [9.17, 15) is 4.39 Å². The minimum atomic E-state index is -0.228. The van der Waals surface area contributed by atoms with Gasteiger partial charge in [0.05, 0.1) is 12.0 Å². The van der Waals surface area contributed by atoms with Crippen LogP contribution in [0.5, 0.6) is 0 Å². The molecule has 0 saturated carbocycles. The Hall–Kier alpha value is -1.88. The first-order valence-corrected chi connectivity index (χ1v) is 4.83. The molecule has 0 saturated heterocycles. The third kappa shape index (κ3) is 2.13. The molecule has 1 aliphatic carbocycles. The van der Waals surface area contributed by atoms with Gasteiger partial charge in [-0.05, 0) is 29.7 Å². The summed E-state index contributed by atoms with van der Waals surface area (Å²) in [5.41, 5.74) is 2.05. The number of nitrogens with zero attached hydrogens (tertiary/aromatic N) is 1. The smallest absolute Gasteiger partial charge is 0.123 e. The molecule has 2 heteroatoms. The van der Waals surface area contributed by atoms with E-state index in [-0.39, 0.29) is 11.7 Å². The van der Waals surface area contributed by atoms with Gasteiger partial charge in [-0.1, -0.05) is 30.4 Å². The third-order valence-electron chi connectivity index (χ3n) is 2.44. The van der Waals surface area contributed by atoms with Crippen LogP contribution in [0.1, 0.15) is 12.0 Å². The Balaban J connectivity index is 2.21. The van der Waals surface area contributed by atoms with E-state index in [1.54, 1.807) is 12.1 Å². The fourth-order valence-corrected chi connectivity index (χ4v) is 1.57. The Labute approximate surface area is 88.2 Å². The molecule has 15 heavy (non-hydrogen) atoms. The van der Waals surface area contributed by atoms with Gasteiger partial charge in [0.15, 0.2) is 0 Å². The maximum atomic E-state index is 12.7. The van der Waals surface area contributed by atoms with E-state index in [1.807, 2.05) is 18.2 Å². The number of hydrogen-bond donors (Lipinski definition) is 0. The summed E-state index contributed by atoms with van der Waals surface area (Å²) in [6, 6.07) is 8.58. The molecule has 1 aromatic carbocycles. The molecule has 2 rings (SSSR count). The molecule has 0 unspecified atom stereocenters. The molecule has 0 aliphatic heterocycles. The second-order valence-electron chi connectivity index (χ2n) is 3.50. The van der Waals surface area contributed by atoms with E-state index in [0.717, 1.165) is 17.6 Å². The predicted molar refractivity (Wildman–Crippen MR) is 57.2 cm³/mol. The monoisotopic (exact) mass is 199 g/mol. The SMILES string of the molecule is N#C[C@@H]1C=CC(c2ccc(F)cc2)=CC1. The van der Waals surface area contributed by atoms with Crippen molar-refractivity contribution in [1.29, 1.82) is 5.26 Å². The van der Waals surface area contributed by atoms with Crippen LogP contribution in [0.2, 0.25) is 0 Å². The molecule has 0 bridgehead atoms. The van der Waals surface area contributed by atoms with Gasteiger partial charge in [0.1, 0.15) is 5.82 Å². The normalized spacial score (nSPS) is 19.5. The summed E-state index contributed by atoms with van der Waals surface area (Å²) in [4.78, 5) is 0. The number of allylic oxidation sites excluding steroid dienone is 4. The first-order chi connectivity index (χ1) is 7.29. The van der Waals surface area contributed by atoms with Crippen LogP contribution < -0.4 is 0 Å². The molecule has 0 radical (unpaired) electrons. The van der Waals surface area contributed by atoms with Crippen molar-refractivity contribution < 1.29 is 4.39 Å². The van der Waals surface area contributed by atoms with Gasteiger partial charge in [-0.25, -0.2) is 4.39 Å². The second-order valence-corrected chi connectivity index (χ2v) is 3.50. The highest BCUT2D eigenvalue weighted by Crippen LogP contribution is 2.23. The van der Waals surface area contributed by atoms with E-state index in [4.69, 9.17) is 5.26 Å². The van der Waals surface area contributed by atoms with Gasteiger partial charge >= 0.3 is 0 Å². The molecule has 74 valence electrons. The molecule has 1 atom stereocenters. The largest absolute Gasteiger partial charge is 0.207 e. The van der Waals surface area contributed by atoms with Gasteiger partial charge in [-0.3, -0.25) is 0 Å². The molecule has 1 aromatic rings. The number of hydrogen-bond acceptors (Lipinski definition) is 1. The van der Waals surface area contributed by atoms with Crippen LogP contribution in [0.4, 0.5) is 4.39 Å². The molecule has 0 aromatic heterocycles. The lowest BCUT2D eigenvalue weighted by Crippen LogP contribution is -1.96. The summed E-state index contributed by atoms with van der Waals surface area (Å²) < 4.78 is 12.7. The fourth-order valence-electron chi connectivity index (χ4n) is 1.57. The average molecular weight is 199 g/mol. The Morgan fingerprint density at radius 1 is 1.27 bits per heavy atom. The van der Waals surface area contributed by atoms with Crippen LogP contribution in [0.3, 0.4) is 0 Å². The van der Waals surface area contributed by atoms with Crippen LogP contribution in [0.15, 0.2) is 42.5 Å². The van der Waals surface area contributed by atoms with Crippen LogP contribution in [0.25, 0.3) is 5.57 Å². The summed E-state index contributed by atoms with van der Waals surface area (Å²) in [5, 5.41) is 8.70. The Bertz CT molecular complexity index is 448. The molecule has 1 aliphatic rings. The molecule has 0 spiro atoms. The van der Waals surface area contributed by atoms with Gasteiger partial charge in [-0.2, -0.15) is 5.26 Å². The van der Waals surface area contributed by atoms with Gasteiger partial charge in [-0.15, -0.1) is 0 Å². The van der Waals surface area contributed by atoms with Crippen molar-refractivity contribution in [1.82, 2.24) is 0 Å². The van der Waals surface area contributed by atoms with Gasteiger partial charge < -0.3 is 0 Å². The quantitative estimate of drug-likeness (QED) is 0.680. The van der Waals surface area contributed by atoms with Gasteiger partial charge in [0.2, 0.25) is 0 Å². The molecule has 0 heterocycles. The summed E-state index contributed by atoms with van der Waals surface area (Å²) >= 11 is 0. The van der Waals surface area contributed by atoms with E-state index < -0.39 is 0 Å². The fraction of sp³-hybridized carbons (Fsp3) is 0.154. The highest BCUT2D eigenvalue weighted by atomic mass is 19.1. The van der Waals surface area contributed by atoms with Gasteiger partial charge in [0, 0.05) is 0 Å². The van der Waals surface area contributed by atoms with Gasteiger partial charge in [0.25, 0.3) is 0 Å². The van der Waals surface area contributed by atoms with Crippen molar-refractivity contribution in [3.8, 4) is 6.07 Å². The van der Waals surface area contributed by atoms with Crippen molar-refractivity contribution in [2.24, 2.45) is 5.92 Å². The zero-order valence-electron chi connectivity index (χ0n) is 8.15. The number of halogens is 1. The Morgan fingerprint density at radius 3 is 2.53 bits per heavy atom. The second kappa shape index (κ2) is 4.10. The Morgan fingerprint density at radius 2 is 2.00 bits per heavy atom. The topological polar surface area (TPSA) is 23.8 Å². The summed E-state index contributed by atoms with van der Waals surface area (Å²) in [6.07, 6.45) is 6.56. The van der Waals surface area contributed by atoms with E-state index in [2.05, 4.69) is 6.07 Å². The lowest BCUT2D eigenvalue weighted by atomic mass is 9.94. The third-order valence-corrected chi connectivity index (χ3v) is 2.44. The number of rotatable bonds is 1. The van der Waals surface area contributed by atoms with Crippen LogP contribution in [-0.2, 0) is 0 Å². The van der Waals surface area contributed by atoms with E-state index in [1.165, 1.54) is 12.1 Å². The molecule has 0 fully saturated rings. The number of benzene rings is 1. The lowest BCUT2D eigenvalue weighted by molar-refractivity contribution is 0.627. The van der Waals surface area contributed by atoms with Crippen LogP contribution in [0, 0.1) is 23.1 Å². The van der Waals surface area contributed by atoms with Crippen molar-refractivity contribution in [2.45, 2.75) is 6.42 Å². The summed E-state index contributed by atoms with van der Waals surface area (Å²) in [7, 11) is 0. The van der Waals surface area contributed by atoms with Crippen molar-refractivity contribution in [3.05, 3.63) is 53.9 Å². The summed E-state index contributed by atoms with van der Waals surface area (Å²) in [5.74, 6) is -0.247. The Kier molecular flexibility index (Phi) is 2.64. The minimum Gasteiger partial charge on any atom is -0.207 e. The molecule has 0 amide bonds. The lowest BCUT2D eigenvalue weighted by Gasteiger charge is -2.10. The molecule has 1 nitrogen and oxygen atoms in total. The maximum Gasteiger partial charge on any atom is 0.123 e. The zero-order valence-corrected chi connectivity index (χ0v) is 8.15. The summed E-state index contributed by atoms with van der Waals surface area (Å²) in [6.45, 7) is 0. The van der Waals surface area contributed by atoms with Crippen molar-refractivity contribution >= 4 is 5.57 Å². The zero-order chi connectivity index (χ0) is 10.7. The maximum absolute atomic E-state index is 12.7. The average Bonchev–Trinajstić information content (AvgIpc) is 2.30. The molecule has 0 N–H and O–H groups in total. The molecular weight excluding hydrogens is 189 g/mol. The standard InChI is InChI=1S/C13H10FN/c14-13-7-5-12(6-8-13)11-3-1-10(9-15)2-4-11/h1,3-8,10H,2H2/t10-/m1/s1. The van der Waals surface area contributed by atoms with Crippen molar-refractivity contribution in [3.63, 3.8) is 0 Å². The van der Waals surface area contributed by atoms with E-state index >= 15 is 0 Å². The highest BCUT2D eigenvalue weighted by Gasteiger charge is 2.08. The van der Waals surface area contributed by atoms with E-state index in [0.29, 0.717) is 0 Å². The van der Waals surface area contributed by atoms with Crippen LogP contribution in [-0.4, -0.2) is 0 Å². The van der Waals surface area contributed by atoms with Crippen molar-refractivity contribution in [2.75, 3.05) is 0 Å². The first kappa shape index (κ1) is 9.67. The first-order valence-electron chi connectivity index (χ1n) is 4.83. The highest BCUT2D eigenvalue weighted by molar-refractivity contribution is 5.75. The van der Waals surface area contributed by atoms with Crippen LogP contribution >= 0.6 is 0 Å². The number of nitriles is 1. The minimum absolute atomic E-state index is 0.0193. The predicted octanol–water partition coefficient (Wildman–Crippen LogP) is 3.31. The molecular formula is C13H10FN.